The highest BCUT2D eigenvalue weighted by molar-refractivity contribution is 6.23. The number of aromatic nitrogens is 1. The molecule has 208 valence electrons. The fourth-order valence-electron chi connectivity index (χ4n) is 6.90. The average molecular weight is 562 g/mol. The van der Waals surface area contributed by atoms with Crippen molar-refractivity contribution in [3.63, 3.8) is 0 Å². The Hall–Kier alpha value is -5.53. The normalized spacial score (nSPS) is 11.4. The van der Waals surface area contributed by atoms with Crippen LogP contribution in [0.3, 0.4) is 0 Å². The van der Waals surface area contributed by atoms with Gasteiger partial charge in [0.05, 0.1) is 5.69 Å². The van der Waals surface area contributed by atoms with Crippen molar-refractivity contribution in [2.75, 3.05) is 0 Å². The minimum absolute atomic E-state index is 1.00. The SMILES string of the molecule is CCc1ccc(-c2c3ccccc3c(-c3ccc(-c4cccnc4-c4ccccc4)cc3)c3ccccc23)c2ccccc12. The first kappa shape index (κ1) is 26.1. The van der Waals surface area contributed by atoms with Crippen LogP contribution in [0.4, 0.5) is 0 Å². The van der Waals surface area contributed by atoms with Crippen LogP contribution in [0, 0.1) is 0 Å². The van der Waals surface area contributed by atoms with Crippen LogP contribution in [0.5, 0.6) is 0 Å². The summed E-state index contributed by atoms with van der Waals surface area (Å²) < 4.78 is 0. The number of benzene rings is 7. The fraction of sp³-hybridized carbons (Fsp3) is 0.0465. The van der Waals surface area contributed by atoms with E-state index < -0.39 is 0 Å². The number of fused-ring (bicyclic) bond motifs is 3. The molecular formula is C43H31N. The second-order valence-corrected chi connectivity index (χ2v) is 11.4. The molecule has 0 spiro atoms. The molecule has 0 radical (unpaired) electrons. The monoisotopic (exact) mass is 561 g/mol. The van der Waals surface area contributed by atoms with Gasteiger partial charge < -0.3 is 0 Å². The van der Waals surface area contributed by atoms with Gasteiger partial charge in [0.2, 0.25) is 0 Å². The molecule has 7 aromatic carbocycles. The number of pyridine rings is 1. The molecule has 44 heavy (non-hydrogen) atoms. The van der Waals surface area contributed by atoms with E-state index in [2.05, 4.69) is 146 Å². The van der Waals surface area contributed by atoms with E-state index in [0.29, 0.717) is 0 Å². The molecule has 0 N–H and O–H groups in total. The Bertz CT molecular complexity index is 2240. The maximum Gasteiger partial charge on any atom is 0.0780 e. The summed E-state index contributed by atoms with van der Waals surface area (Å²) in [6, 6.07) is 55.0. The van der Waals surface area contributed by atoms with Gasteiger partial charge in [-0.1, -0.05) is 153 Å². The van der Waals surface area contributed by atoms with Gasteiger partial charge in [0.1, 0.15) is 0 Å². The van der Waals surface area contributed by atoms with Gasteiger partial charge in [-0.25, -0.2) is 0 Å². The van der Waals surface area contributed by atoms with Crippen LogP contribution >= 0.6 is 0 Å². The molecule has 1 nitrogen and oxygen atoms in total. The lowest BCUT2D eigenvalue weighted by Gasteiger charge is -2.19. The zero-order chi connectivity index (χ0) is 29.5. The second-order valence-electron chi connectivity index (χ2n) is 11.4. The topological polar surface area (TPSA) is 12.9 Å². The number of hydrogen-bond acceptors (Lipinski definition) is 1. The van der Waals surface area contributed by atoms with Crippen molar-refractivity contribution < 1.29 is 0 Å². The molecular weight excluding hydrogens is 530 g/mol. The summed E-state index contributed by atoms with van der Waals surface area (Å²) in [7, 11) is 0. The van der Waals surface area contributed by atoms with Gasteiger partial charge in [0, 0.05) is 17.3 Å². The highest BCUT2D eigenvalue weighted by Crippen LogP contribution is 2.46. The highest BCUT2D eigenvalue weighted by Gasteiger charge is 2.18. The lowest BCUT2D eigenvalue weighted by molar-refractivity contribution is 1.16. The molecule has 1 heteroatoms. The van der Waals surface area contributed by atoms with Crippen LogP contribution in [-0.2, 0) is 6.42 Å². The third kappa shape index (κ3) is 4.29. The van der Waals surface area contributed by atoms with E-state index in [1.807, 2.05) is 18.3 Å². The number of hydrogen-bond donors (Lipinski definition) is 0. The minimum atomic E-state index is 1.00. The summed E-state index contributed by atoms with van der Waals surface area (Å²) in [5.41, 5.74) is 10.9. The van der Waals surface area contributed by atoms with Gasteiger partial charge >= 0.3 is 0 Å². The molecule has 0 atom stereocenters. The van der Waals surface area contributed by atoms with E-state index >= 15 is 0 Å². The largest absolute Gasteiger partial charge is 0.256 e. The van der Waals surface area contributed by atoms with Crippen LogP contribution in [-0.4, -0.2) is 4.98 Å². The van der Waals surface area contributed by atoms with Crippen molar-refractivity contribution in [3.05, 3.63) is 163 Å². The molecule has 0 saturated carbocycles. The minimum Gasteiger partial charge on any atom is -0.256 e. The van der Waals surface area contributed by atoms with Crippen LogP contribution in [0.25, 0.3) is 77.0 Å². The Kier molecular flexibility index (Phi) is 6.50. The molecule has 0 saturated heterocycles. The molecule has 8 rings (SSSR count). The summed E-state index contributed by atoms with van der Waals surface area (Å²) in [6.45, 7) is 2.24. The average Bonchev–Trinajstić information content (AvgIpc) is 3.11. The van der Waals surface area contributed by atoms with Crippen molar-refractivity contribution in [3.8, 4) is 44.6 Å². The zero-order valence-electron chi connectivity index (χ0n) is 24.7. The van der Waals surface area contributed by atoms with Crippen LogP contribution in [0.15, 0.2) is 158 Å². The van der Waals surface area contributed by atoms with E-state index in [0.717, 1.165) is 28.8 Å². The van der Waals surface area contributed by atoms with Crippen LogP contribution in [0.2, 0.25) is 0 Å². The van der Waals surface area contributed by atoms with Gasteiger partial charge in [-0.05, 0) is 78.2 Å². The Morgan fingerprint density at radius 1 is 0.386 bits per heavy atom. The summed E-state index contributed by atoms with van der Waals surface area (Å²) in [4.78, 5) is 4.76. The molecule has 0 fully saturated rings. The van der Waals surface area contributed by atoms with Gasteiger partial charge in [-0.3, -0.25) is 4.98 Å². The van der Waals surface area contributed by atoms with Crippen molar-refractivity contribution in [2.24, 2.45) is 0 Å². The van der Waals surface area contributed by atoms with Crippen LogP contribution in [0.1, 0.15) is 12.5 Å². The third-order valence-electron chi connectivity index (χ3n) is 8.94. The zero-order valence-corrected chi connectivity index (χ0v) is 24.7. The number of nitrogens with zero attached hydrogens (tertiary/aromatic N) is 1. The maximum absolute atomic E-state index is 4.76. The Morgan fingerprint density at radius 3 is 1.57 bits per heavy atom. The number of rotatable bonds is 5. The first-order chi connectivity index (χ1) is 21.8. The first-order valence-electron chi connectivity index (χ1n) is 15.4. The first-order valence-corrected chi connectivity index (χ1v) is 15.4. The van der Waals surface area contributed by atoms with E-state index in [9.17, 15) is 0 Å². The van der Waals surface area contributed by atoms with Crippen molar-refractivity contribution >= 4 is 32.3 Å². The predicted molar refractivity (Wildman–Crippen MR) is 188 cm³/mol. The van der Waals surface area contributed by atoms with Gasteiger partial charge in [0.15, 0.2) is 0 Å². The molecule has 1 aromatic heterocycles. The fourth-order valence-corrected chi connectivity index (χ4v) is 6.90. The lowest BCUT2D eigenvalue weighted by Crippen LogP contribution is -1.93. The summed E-state index contributed by atoms with van der Waals surface area (Å²) in [5, 5.41) is 7.74. The van der Waals surface area contributed by atoms with E-state index in [4.69, 9.17) is 4.98 Å². The quantitative estimate of drug-likeness (QED) is 0.190. The molecule has 1 heterocycles. The van der Waals surface area contributed by atoms with Crippen molar-refractivity contribution in [2.45, 2.75) is 13.3 Å². The highest BCUT2D eigenvalue weighted by atomic mass is 14.7. The molecule has 0 aliphatic carbocycles. The van der Waals surface area contributed by atoms with Gasteiger partial charge in [-0.2, -0.15) is 0 Å². The van der Waals surface area contributed by atoms with Crippen molar-refractivity contribution in [1.29, 1.82) is 0 Å². The molecule has 0 amide bonds. The molecule has 0 unspecified atom stereocenters. The van der Waals surface area contributed by atoms with Crippen molar-refractivity contribution in [1.82, 2.24) is 4.98 Å². The Morgan fingerprint density at radius 2 is 0.932 bits per heavy atom. The molecule has 0 bridgehead atoms. The summed E-state index contributed by atoms with van der Waals surface area (Å²) in [6.07, 6.45) is 2.89. The van der Waals surface area contributed by atoms with Gasteiger partial charge in [-0.15, -0.1) is 0 Å². The van der Waals surface area contributed by atoms with E-state index in [-0.39, 0.29) is 0 Å². The molecule has 0 aliphatic heterocycles. The Labute approximate surface area is 258 Å². The third-order valence-corrected chi connectivity index (χ3v) is 8.94. The van der Waals surface area contributed by atoms with Gasteiger partial charge in [0.25, 0.3) is 0 Å². The maximum atomic E-state index is 4.76. The van der Waals surface area contributed by atoms with Crippen LogP contribution < -0.4 is 0 Å². The van der Waals surface area contributed by atoms with E-state index in [1.54, 1.807) is 0 Å². The van der Waals surface area contributed by atoms with E-state index in [1.165, 1.54) is 60.1 Å². The standard InChI is InChI=1S/C43H31N/c1-2-29-26-27-40(35-16-7-6-15-33(29)35)42-38-19-10-8-17-36(38)41(37-18-9-11-20-39(37)42)31-24-22-30(23-25-31)34-21-12-28-44-43(34)32-13-4-3-5-14-32/h3-28H,2H2,1H3. The Balaban J connectivity index is 1.35. The molecule has 0 aliphatic rings. The lowest BCUT2D eigenvalue weighted by atomic mass is 9.84. The molecule has 8 aromatic rings. The second kappa shape index (κ2) is 10.9. The smallest absolute Gasteiger partial charge is 0.0780 e. The predicted octanol–water partition coefficient (Wildman–Crippen LogP) is 11.8. The summed E-state index contributed by atoms with van der Waals surface area (Å²) >= 11 is 0. The summed E-state index contributed by atoms with van der Waals surface area (Å²) in [5.74, 6) is 0. The number of aryl methyl sites for hydroxylation is 1.